The fraction of sp³-hybridized carbons (Fsp3) is 0.800. The summed E-state index contributed by atoms with van der Waals surface area (Å²) < 4.78 is 0. The Balaban J connectivity index is 1.89. The molecule has 0 aromatic carbocycles. The largest absolute Gasteiger partial charge is 0.481 e. The zero-order valence-corrected chi connectivity index (χ0v) is 10.1. The molecule has 1 N–H and O–H groups in total. The van der Waals surface area contributed by atoms with Crippen molar-refractivity contribution in [2.75, 3.05) is 13.1 Å². The van der Waals surface area contributed by atoms with Gasteiger partial charge in [0.2, 0.25) is 0 Å². The van der Waals surface area contributed by atoms with Gasteiger partial charge < -0.3 is 5.11 Å². The zero-order chi connectivity index (χ0) is 12.5. The number of carboxylic acids is 1. The van der Waals surface area contributed by atoms with Crippen molar-refractivity contribution in [2.45, 2.75) is 26.3 Å². The van der Waals surface area contributed by atoms with Gasteiger partial charge in [0.05, 0.1) is 19.0 Å². The standard InChI is InChI=1S/C10H17N5O2/c1-10(9(16)17)3-5-15(6-4-10)7-8-11-13-14(2)12-8/h3-7H2,1-2H3,(H,16,17). The maximum atomic E-state index is 11.1. The van der Waals surface area contributed by atoms with E-state index in [1.807, 2.05) is 6.92 Å². The number of piperidine rings is 1. The molecule has 1 aliphatic rings. The topological polar surface area (TPSA) is 84.1 Å². The molecule has 1 fully saturated rings. The predicted molar refractivity (Wildman–Crippen MR) is 59.1 cm³/mol. The van der Waals surface area contributed by atoms with Crippen molar-refractivity contribution in [3.63, 3.8) is 0 Å². The van der Waals surface area contributed by atoms with Crippen LogP contribution in [0, 0.1) is 5.41 Å². The number of aryl methyl sites for hydroxylation is 1. The number of rotatable bonds is 3. The molecule has 0 amide bonds. The van der Waals surface area contributed by atoms with Gasteiger partial charge in [-0.15, -0.1) is 10.2 Å². The van der Waals surface area contributed by atoms with Crippen LogP contribution < -0.4 is 0 Å². The lowest BCUT2D eigenvalue weighted by Gasteiger charge is -2.35. The zero-order valence-electron chi connectivity index (χ0n) is 10.1. The lowest BCUT2D eigenvalue weighted by atomic mass is 9.80. The molecule has 7 nitrogen and oxygen atoms in total. The highest BCUT2D eigenvalue weighted by atomic mass is 16.4. The van der Waals surface area contributed by atoms with E-state index in [1.54, 1.807) is 7.05 Å². The highest BCUT2D eigenvalue weighted by molar-refractivity contribution is 5.74. The van der Waals surface area contributed by atoms with Gasteiger partial charge in [-0.25, -0.2) is 0 Å². The van der Waals surface area contributed by atoms with Crippen LogP contribution in [0.4, 0.5) is 0 Å². The molecule has 0 aliphatic carbocycles. The third-order valence-electron chi connectivity index (χ3n) is 3.39. The fourth-order valence-electron chi connectivity index (χ4n) is 2.01. The number of likely N-dealkylation sites (tertiary alicyclic amines) is 1. The van der Waals surface area contributed by atoms with Crippen LogP contribution in [-0.4, -0.2) is 49.3 Å². The molecular weight excluding hydrogens is 222 g/mol. The second kappa shape index (κ2) is 4.40. The second-order valence-corrected chi connectivity index (χ2v) is 4.84. The summed E-state index contributed by atoms with van der Waals surface area (Å²) in [6, 6.07) is 0. The van der Waals surface area contributed by atoms with Crippen molar-refractivity contribution in [3.8, 4) is 0 Å². The Morgan fingerprint density at radius 3 is 2.59 bits per heavy atom. The van der Waals surface area contributed by atoms with Crippen molar-refractivity contribution in [1.29, 1.82) is 0 Å². The highest BCUT2D eigenvalue weighted by Gasteiger charge is 2.36. The SMILES string of the molecule is Cn1nnc(CN2CCC(C)(C(=O)O)CC2)n1. The van der Waals surface area contributed by atoms with Crippen LogP contribution in [0.25, 0.3) is 0 Å². The van der Waals surface area contributed by atoms with Crippen LogP contribution in [0.3, 0.4) is 0 Å². The second-order valence-electron chi connectivity index (χ2n) is 4.84. The minimum atomic E-state index is -0.699. The molecule has 0 atom stereocenters. The molecule has 94 valence electrons. The first kappa shape index (κ1) is 12.0. The number of nitrogens with zero attached hydrogens (tertiary/aromatic N) is 5. The summed E-state index contributed by atoms with van der Waals surface area (Å²) in [4.78, 5) is 14.7. The molecule has 1 aromatic rings. The molecular formula is C10H17N5O2. The normalized spacial score (nSPS) is 20.4. The smallest absolute Gasteiger partial charge is 0.309 e. The van der Waals surface area contributed by atoms with E-state index in [-0.39, 0.29) is 0 Å². The molecule has 0 spiro atoms. The van der Waals surface area contributed by atoms with Gasteiger partial charge in [-0.3, -0.25) is 9.69 Å². The van der Waals surface area contributed by atoms with Gasteiger partial charge in [-0.05, 0) is 38.1 Å². The highest BCUT2D eigenvalue weighted by Crippen LogP contribution is 2.31. The van der Waals surface area contributed by atoms with Gasteiger partial charge >= 0.3 is 5.97 Å². The van der Waals surface area contributed by atoms with Crippen molar-refractivity contribution < 1.29 is 9.90 Å². The summed E-state index contributed by atoms with van der Waals surface area (Å²) in [6.07, 6.45) is 1.34. The predicted octanol–water partition coefficient (Wildman–Crippen LogP) is -0.103. The summed E-state index contributed by atoms with van der Waals surface area (Å²) in [7, 11) is 1.73. The molecule has 0 radical (unpaired) electrons. The molecule has 1 aromatic heterocycles. The molecule has 2 heterocycles. The number of carboxylic acid groups (broad SMARTS) is 1. The number of hydrogen-bond acceptors (Lipinski definition) is 5. The number of tetrazole rings is 1. The minimum absolute atomic E-state index is 0.577. The Hall–Kier alpha value is -1.50. The summed E-state index contributed by atoms with van der Waals surface area (Å²) in [5, 5.41) is 20.9. The van der Waals surface area contributed by atoms with Crippen molar-refractivity contribution in [2.24, 2.45) is 12.5 Å². The average molecular weight is 239 g/mol. The summed E-state index contributed by atoms with van der Waals surface area (Å²) >= 11 is 0. The lowest BCUT2D eigenvalue weighted by Crippen LogP contribution is -2.42. The first-order valence-electron chi connectivity index (χ1n) is 5.68. The van der Waals surface area contributed by atoms with E-state index >= 15 is 0 Å². The van der Waals surface area contributed by atoms with Gasteiger partial charge in [-0.2, -0.15) is 4.80 Å². The lowest BCUT2D eigenvalue weighted by molar-refractivity contribution is -0.150. The van der Waals surface area contributed by atoms with E-state index in [0.29, 0.717) is 25.2 Å². The third kappa shape index (κ3) is 2.60. The van der Waals surface area contributed by atoms with Crippen LogP contribution in [0.2, 0.25) is 0 Å². The molecule has 17 heavy (non-hydrogen) atoms. The molecule has 0 unspecified atom stereocenters. The molecule has 0 saturated carbocycles. The van der Waals surface area contributed by atoms with E-state index in [2.05, 4.69) is 20.3 Å². The fourth-order valence-corrected chi connectivity index (χ4v) is 2.01. The molecule has 1 saturated heterocycles. The number of hydrogen-bond donors (Lipinski definition) is 1. The number of aliphatic carboxylic acids is 1. The first-order chi connectivity index (χ1) is 7.99. The van der Waals surface area contributed by atoms with Gasteiger partial charge in [0, 0.05) is 0 Å². The Morgan fingerprint density at radius 2 is 2.12 bits per heavy atom. The van der Waals surface area contributed by atoms with Crippen LogP contribution >= 0.6 is 0 Å². The number of aromatic nitrogens is 4. The summed E-state index contributed by atoms with van der Waals surface area (Å²) in [6.45, 7) is 3.99. The quantitative estimate of drug-likeness (QED) is 0.792. The van der Waals surface area contributed by atoms with E-state index < -0.39 is 11.4 Å². The monoisotopic (exact) mass is 239 g/mol. The van der Waals surface area contributed by atoms with E-state index in [4.69, 9.17) is 5.11 Å². The first-order valence-corrected chi connectivity index (χ1v) is 5.68. The minimum Gasteiger partial charge on any atom is -0.481 e. The molecule has 0 bridgehead atoms. The van der Waals surface area contributed by atoms with E-state index in [9.17, 15) is 4.79 Å². The molecule has 2 rings (SSSR count). The van der Waals surface area contributed by atoms with E-state index in [1.165, 1.54) is 4.80 Å². The number of carbonyl (C=O) groups is 1. The van der Waals surface area contributed by atoms with Gasteiger partial charge in [0.1, 0.15) is 0 Å². The maximum absolute atomic E-state index is 11.1. The maximum Gasteiger partial charge on any atom is 0.309 e. The van der Waals surface area contributed by atoms with Crippen LogP contribution in [0.1, 0.15) is 25.6 Å². The molecule has 1 aliphatic heterocycles. The van der Waals surface area contributed by atoms with Crippen LogP contribution in [-0.2, 0) is 18.4 Å². The summed E-state index contributed by atoms with van der Waals surface area (Å²) in [5.41, 5.74) is -0.577. The third-order valence-corrected chi connectivity index (χ3v) is 3.39. The van der Waals surface area contributed by atoms with Crippen LogP contribution in [0.15, 0.2) is 0 Å². The van der Waals surface area contributed by atoms with Gasteiger partial charge in [-0.1, -0.05) is 0 Å². The van der Waals surface area contributed by atoms with Crippen molar-refractivity contribution >= 4 is 5.97 Å². The Bertz CT molecular complexity index is 409. The average Bonchev–Trinajstić information content (AvgIpc) is 2.67. The van der Waals surface area contributed by atoms with E-state index in [0.717, 1.165) is 13.1 Å². The van der Waals surface area contributed by atoms with Crippen molar-refractivity contribution in [3.05, 3.63) is 5.82 Å². The molecule has 7 heteroatoms. The Morgan fingerprint density at radius 1 is 1.47 bits per heavy atom. The van der Waals surface area contributed by atoms with Crippen molar-refractivity contribution in [1.82, 2.24) is 25.1 Å². The van der Waals surface area contributed by atoms with Crippen LogP contribution in [0.5, 0.6) is 0 Å². The van der Waals surface area contributed by atoms with Gasteiger partial charge in [0.15, 0.2) is 5.82 Å². The summed E-state index contributed by atoms with van der Waals surface area (Å²) in [5.74, 6) is -0.0128. The van der Waals surface area contributed by atoms with Gasteiger partial charge in [0.25, 0.3) is 0 Å². The Kier molecular flexibility index (Phi) is 3.10. The Labute approximate surface area is 99.4 Å².